The Morgan fingerprint density at radius 3 is 2.53 bits per heavy atom. The molecule has 5 nitrogen and oxygen atoms in total. The lowest BCUT2D eigenvalue weighted by atomic mass is 9.76. The lowest BCUT2D eigenvalue weighted by Crippen LogP contribution is -2.65. The third kappa shape index (κ3) is 5.32. The fourth-order valence-electron chi connectivity index (χ4n) is 5.26. The van der Waals surface area contributed by atoms with E-state index in [4.69, 9.17) is 0 Å². The number of nitrogens with zero attached hydrogens (tertiary/aromatic N) is 2. The number of anilines is 1. The molecule has 0 aromatic heterocycles. The van der Waals surface area contributed by atoms with Crippen molar-refractivity contribution in [3.63, 3.8) is 0 Å². The maximum atomic E-state index is 12.5. The molecular weight excluding hydrogens is 392 g/mol. The number of amides is 1. The number of benzene rings is 1. The Morgan fingerprint density at radius 2 is 1.83 bits per heavy atom. The lowest BCUT2D eigenvalue weighted by Gasteiger charge is -2.43. The number of rotatable bonds is 6. The van der Waals surface area contributed by atoms with Gasteiger partial charge in [-0.15, -0.1) is 0 Å². The SMILES string of the molecule is CC1CCCC2C(=O)NC(CSC3CCN(Cc4ccc(N(C)C)cc4)CC3)NC12. The zero-order chi connectivity index (χ0) is 21.1. The third-order valence-electron chi connectivity index (χ3n) is 7.16. The van der Waals surface area contributed by atoms with Gasteiger partial charge in [0.05, 0.1) is 12.1 Å². The summed E-state index contributed by atoms with van der Waals surface area (Å²) in [6.07, 6.45) is 6.10. The van der Waals surface area contributed by atoms with Crippen molar-refractivity contribution >= 4 is 23.4 Å². The van der Waals surface area contributed by atoms with Gasteiger partial charge in [0.1, 0.15) is 0 Å². The highest BCUT2D eigenvalue weighted by molar-refractivity contribution is 7.99. The van der Waals surface area contributed by atoms with E-state index in [1.54, 1.807) is 0 Å². The monoisotopic (exact) mass is 430 g/mol. The van der Waals surface area contributed by atoms with Crippen molar-refractivity contribution in [1.82, 2.24) is 15.5 Å². The van der Waals surface area contributed by atoms with Gasteiger partial charge in [-0.05, 0) is 62.4 Å². The highest BCUT2D eigenvalue weighted by Gasteiger charge is 2.40. The first-order valence-corrected chi connectivity index (χ1v) is 12.7. The van der Waals surface area contributed by atoms with Gasteiger partial charge in [0.15, 0.2) is 0 Å². The van der Waals surface area contributed by atoms with Crippen LogP contribution in [-0.4, -0.2) is 61.2 Å². The molecule has 30 heavy (non-hydrogen) atoms. The number of likely N-dealkylation sites (tertiary alicyclic amines) is 1. The van der Waals surface area contributed by atoms with Gasteiger partial charge in [0.25, 0.3) is 0 Å². The predicted octanol–water partition coefficient (Wildman–Crippen LogP) is 3.30. The number of hydrogen-bond donors (Lipinski definition) is 2. The first-order chi connectivity index (χ1) is 14.5. The molecule has 1 amide bonds. The number of carbonyl (C=O) groups excluding carboxylic acids is 1. The van der Waals surface area contributed by atoms with Crippen LogP contribution in [0.25, 0.3) is 0 Å². The van der Waals surface area contributed by atoms with Gasteiger partial charge < -0.3 is 10.2 Å². The van der Waals surface area contributed by atoms with Gasteiger partial charge in [0, 0.05) is 43.4 Å². The number of piperidine rings is 1. The Kier molecular flexibility index (Phi) is 7.27. The van der Waals surface area contributed by atoms with Crippen LogP contribution in [0.15, 0.2) is 24.3 Å². The van der Waals surface area contributed by atoms with Crippen LogP contribution in [0.2, 0.25) is 0 Å². The van der Waals surface area contributed by atoms with E-state index in [0.29, 0.717) is 17.2 Å². The minimum atomic E-state index is 0.137. The van der Waals surface area contributed by atoms with Crippen LogP contribution >= 0.6 is 11.8 Å². The first kappa shape index (κ1) is 22.0. The molecule has 0 radical (unpaired) electrons. The molecule has 4 atom stereocenters. The zero-order valence-electron chi connectivity index (χ0n) is 18.8. The first-order valence-electron chi connectivity index (χ1n) is 11.7. The van der Waals surface area contributed by atoms with Crippen LogP contribution in [0.3, 0.4) is 0 Å². The van der Waals surface area contributed by atoms with E-state index in [-0.39, 0.29) is 18.0 Å². The molecule has 0 bridgehead atoms. The summed E-state index contributed by atoms with van der Waals surface area (Å²) in [5.74, 6) is 2.06. The van der Waals surface area contributed by atoms with Crippen LogP contribution in [0, 0.1) is 11.8 Å². The van der Waals surface area contributed by atoms with Crippen LogP contribution in [-0.2, 0) is 11.3 Å². The predicted molar refractivity (Wildman–Crippen MR) is 127 cm³/mol. The molecule has 2 saturated heterocycles. The molecule has 4 rings (SSSR count). The summed E-state index contributed by atoms with van der Waals surface area (Å²) >= 11 is 2.05. The van der Waals surface area contributed by atoms with Crippen LogP contribution in [0.5, 0.6) is 0 Å². The van der Waals surface area contributed by atoms with Gasteiger partial charge in [-0.2, -0.15) is 11.8 Å². The molecule has 6 heteroatoms. The minimum Gasteiger partial charge on any atom is -0.378 e. The van der Waals surface area contributed by atoms with Gasteiger partial charge in [0.2, 0.25) is 5.91 Å². The van der Waals surface area contributed by atoms with Crippen molar-refractivity contribution in [1.29, 1.82) is 0 Å². The van der Waals surface area contributed by atoms with Crippen molar-refractivity contribution in [3.8, 4) is 0 Å². The molecule has 1 aliphatic carbocycles. The average Bonchev–Trinajstić information content (AvgIpc) is 2.74. The summed E-state index contributed by atoms with van der Waals surface area (Å²) in [5, 5.41) is 7.71. The van der Waals surface area contributed by atoms with Gasteiger partial charge in [-0.3, -0.25) is 15.0 Å². The number of thioether (sulfide) groups is 1. The molecule has 4 unspecified atom stereocenters. The summed E-state index contributed by atoms with van der Waals surface area (Å²) in [6, 6.07) is 9.31. The molecule has 3 aliphatic rings. The van der Waals surface area contributed by atoms with E-state index < -0.39 is 0 Å². The van der Waals surface area contributed by atoms with Gasteiger partial charge >= 0.3 is 0 Å². The van der Waals surface area contributed by atoms with Crippen LogP contribution < -0.4 is 15.5 Å². The second kappa shape index (κ2) is 9.92. The molecule has 2 N–H and O–H groups in total. The normalized spacial score (nSPS) is 30.6. The molecular formula is C24H38N4OS. The molecule has 1 aromatic carbocycles. The summed E-state index contributed by atoms with van der Waals surface area (Å²) < 4.78 is 0. The van der Waals surface area contributed by atoms with Crippen molar-refractivity contribution in [3.05, 3.63) is 29.8 Å². The highest BCUT2D eigenvalue weighted by atomic mass is 32.2. The fraction of sp³-hybridized carbons (Fsp3) is 0.708. The molecule has 1 saturated carbocycles. The van der Waals surface area contributed by atoms with Crippen molar-refractivity contribution < 1.29 is 4.79 Å². The Hall–Kier alpha value is -1.24. The maximum Gasteiger partial charge on any atom is 0.225 e. The average molecular weight is 431 g/mol. The number of carbonyl (C=O) groups is 1. The molecule has 1 aromatic rings. The lowest BCUT2D eigenvalue weighted by molar-refractivity contribution is -0.131. The zero-order valence-corrected chi connectivity index (χ0v) is 19.6. The summed E-state index contributed by atoms with van der Waals surface area (Å²) in [4.78, 5) is 17.3. The quantitative estimate of drug-likeness (QED) is 0.725. The molecule has 0 spiro atoms. The summed E-state index contributed by atoms with van der Waals surface area (Å²) in [6.45, 7) is 5.68. The van der Waals surface area contributed by atoms with E-state index in [9.17, 15) is 4.79 Å². The third-order valence-corrected chi connectivity index (χ3v) is 8.63. The number of nitrogens with one attached hydrogen (secondary N) is 2. The Bertz CT molecular complexity index is 702. The maximum absolute atomic E-state index is 12.5. The number of hydrogen-bond acceptors (Lipinski definition) is 5. The highest BCUT2D eigenvalue weighted by Crippen LogP contribution is 2.32. The van der Waals surface area contributed by atoms with Crippen LogP contribution in [0.4, 0.5) is 5.69 Å². The standard InChI is InChI=1S/C24H38N4OS/c1-17-5-4-6-21-23(17)25-22(26-24(21)29)16-30-20-11-13-28(14-12-20)15-18-7-9-19(10-8-18)27(2)3/h7-10,17,20-23,25H,4-6,11-16H2,1-3H3,(H,26,29). The van der Waals surface area contributed by atoms with Crippen molar-refractivity contribution in [2.75, 3.05) is 37.8 Å². The second-order valence-electron chi connectivity index (χ2n) is 9.64. The molecule has 3 fully saturated rings. The van der Waals surface area contributed by atoms with Gasteiger partial charge in [-0.25, -0.2) is 0 Å². The second-order valence-corrected chi connectivity index (χ2v) is 11.0. The summed E-state index contributed by atoms with van der Waals surface area (Å²) in [7, 11) is 4.17. The van der Waals surface area contributed by atoms with Crippen LogP contribution in [0.1, 0.15) is 44.6 Å². The van der Waals surface area contributed by atoms with Crippen molar-refractivity contribution in [2.24, 2.45) is 11.8 Å². The summed E-state index contributed by atoms with van der Waals surface area (Å²) in [5.41, 5.74) is 2.66. The fourth-order valence-corrected chi connectivity index (χ4v) is 6.44. The molecule has 2 heterocycles. The Morgan fingerprint density at radius 1 is 1.10 bits per heavy atom. The van der Waals surface area contributed by atoms with E-state index in [1.165, 1.54) is 50.0 Å². The minimum absolute atomic E-state index is 0.137. The van der Waals surface area contributed by atoms with E-state index in [2.05, 4.69) is 77.5 Å². The van der Waals surface area contributed by atoms with Crippen molar-refractivity contribution in [2.45, 2.75) is 63.0 Å². The molecule has 2 aliphatic heterocycles. The van der Waals surface area contributed by atoms with E-state index >= 15 is 0 Å². The van der Waals surface area contributed by atoms with E-state index in [1.807, 2.05) is 0 Å². The Labute approximate surface area is 186 Å². The Balaban J connectivity index is 1.19. The topological polar surface area (TPSA) is 47.6 Å². The largest absolute Gasteiger partial charge is 0.378 e. The molecule has 166 valence electrons. The smallest absolute Gasteiger partial charge is 0.225 e. The van der Waals surface area contributed by atoms with Gasteiger partial charge in [-0.1, -0.05) is 25.5 Å². The van der Waals surface area contributed by atoms with E-state index in [0.717, 1.165) is 18.7 Å². The number of fused-ring (bicyclic) bond motifs is 1.